The van der Waals surface area contributed by atoms with E-state index < -0.39 is 34.3 Å². The van der Waals surface area contributed by atoms with E-state index >= 15 is 0 Å². The van der Waals surface area contributed by atoms with Crippen LogP contribution in [-0.2, 0) is 26.3 Å². The number of aryl methyl sites for hydroxylation is 6. The molecule has 6 aromatic carbocycles. The number of aliphatic hydroxyl groups is 3. The zero-order chi connectivity index (χ0) is 40.1. The van der Waals surface area contributed by atoms with Crippen molar-refractivity contribution >= 4 is 0 Å². The average molecular weight is 763 g/mol. The summed E-state index contributed by atoms with van der Waals surface area (Å²) in [4.78, 5) is 0. The van der Waals surface area contributed by atoms with Gasteiger partial charge in [-0.2, -0.15) is 0 Å². The van der Waals surface area contributed by atoms with Gasteiger partial charge in [0.25, 0.3) is 0 Å². The Labute approximate surface area is 339 Å². The maximum Gasteiger partial charge on any atom is 0.164 e. The molecule has 2 atom stereocenters. The lowest BCUT2D eigenvalue weighted by atomic mass is 9.59. The first kappa shape index (κ1) is 41.7. The third kappa shape index (κ3) is 7.40. The lowest BCUT2D eigenvalue weighted by Gasteiger charge is -2.53. The summed E-state index contributed by atoms with van der Waals surface area (Å²) in [7, 11) is 0. The van der Waals surface area contributed by atoms with E-state index in [9.17, 15) is 15.3 Å². The Morgan fingerprint density at radius 1 is 0.439 bits per heavy atom. The minimum absolute atomic E-state index is 0. The van der Waals surface area contributed by atoms with E-state index in [0.717, 1.165) is 33.4 Å². The van der Waals surface area contributed by atoms with E-state index in [1.165, 1.54) is 0 Å². The Bertz CT molecular complexity index is 2140. The molecule has 0 spiro atoms. The smallest absolute Gasteiger partial charge is 0.164 e. The van der Waals surface area contributed by atoms with Gasteiger partial charge in [0, 0.05) is 6.42 Å². The molecule has 3 N–H and O–H groups in total. The van der Waals surface area contributed by atoms with Gasteiger partial charge in [-0.1, -0.05) is 186 Å². The first-order valence-corrected chi connectivity index (χ1v) is 19.5. The Balaban J connectivity index is 0.00000549. The molecule has 1 aliphatic rings. The zero-order valence-electron chi connectivity index (χ0n) is 33.8. The highest BCUT2D eigenvalue weighted by molar-refractivity contribution is 5.50. The summed E-state index contributed by atoms with van der Waals surface area (Å²) in [6, 6.07) is 46.7. The molecular weight excluding hydrogens is 705 g/mol. The number of hydrogen-bond donors (Lipinski definition) is 3. The van der Waals surface area contributed by atoms with Crippen molar-refractivity contribution in [1.82, 2.24) is 0 Å². The molecule has 1 fully saturated rings. The molecule has 5 heteroatoms. The van der Waals surface area contributed by atoms with E-state index in [-0.39, 0.29) is 13.8 Å². The second-order valence-electron chi connectivity index (χ2n) is 16.6. The van der Waals surface area contributed by atoms with Crippen LogP contribution in [0.1, 0.15) is 94.5 Å². The van der Waals surface area contributed by atoms with Crippen LogP contribution in [0.15, 0.2) is 146 Å². The zero-order valence-corrected chi connectivity index (χ0v) is 33.8. The van der Waals surface area contributed by atoms with Crippen LogP contribution in [-0.4, -0.2) is 32.8 Å². The molecule has 0 amide bonds. The normalized spacial score (nSPS) is 18.3. The van der Waals surface area contributed by atoms with Gasteiger partial charge in [-0.25, -0.2) is 0 Å². The highest BCUT2D eigenvalue weighted by Crippen LogP contribution is 2.61. The monoisotopic (exact) mass is 762 g/mol. The molecule has 0 radical (unpaired) electrons. The largest absolute Gasteiger partial charge is 0.380 e. The summed E-state index contributed by atoms with van der Waals surface area (Å²) >= 11 is 0. The van der Waals surface area contributed by atoms with Gasteiger partial charge in [0.1, 0.15) is 28.5 Å². The van der Waals surface area contributed by atoms with Crippen LogP contribution in [0.3, 0.4) is 0 Å². The third-order valence-electron chi connectivity index (χ3n) is 11.7. The van der Waals surface area contributed by atoms with Crippen molar-refractivity contribution in [2.45, 2.75) is 104 Å². The fourth-order valence-electron chi connectivity index (χ4n) is 8.58. The molecule has 1 saturated heterocycles. The summed E-state index contributed by atoms with van der Waals surface area (Å²) in [6.07, 6.45) is -1.54. The molecule has 1 unspecified atom stereocenters. The highest BCUT2D eigenvalue weighted by atomic mass is 16.8. The number of rotatable bonds is 10. The average Bonchev–Trinajstić information content (AvgIpc) is 3.46. The Morgan fingerprint density at radius 3 is 1.00 bits per heavy atom. The first-order valence-electron chi connectivity index (χ1n) is 19.5. The lowest BCUT2D eigenvalue weighted by molar-refractivity contribution is -0.226. The molecule has 0 aromatic heterocycles. The molecule has 5 nitrogen and oxygen atoms in total. The number of hydrogen-bond acceptors (Lipinski definition) is 5. The van der Waals surface area contributed by atoms with Gasteiger partial charge < -0.3 is 24.8 Å². The van der Waals surface area contributed by atoms with Gasteiger partial charge in [-0.3, -0.25) is 0 Å². The van der Waals surface area contributed by atoms with Crippen molar-refractivity contribution in [3.05, 3.63) is 212 Å². The van der Waals surface area contributed by atoms with Crippen molar-refractivity contribution in [3.63, 3.8) is 0 Å². The van der Waals surface area contributed by atoms with E-state index in [4.69, 9.17) is 9.47 Å². The van der Waals surface area contributed by atoms with Gasteiger partial charge in [-0.15, -0.1) is 0 Å². The minimum Gasteiger partial charge on any atom is -0.380 e. The predicted octanol–water partition coefficient (Wildman–Crippen LogP) is 10.6. The van der Waals surface area contributed by atoms with Crippen LogP contribution < -0.4 is 0 Å². The Morgan fingerprint density at radius 2 is 0.702 bits per heavy atom. The van der Waals surface area contributed by atoms with Gasteiger partial charge in [-0.05, 0) is 88.8 Å². The van der Waals surface area contributed by atoms with E-state index in [1.807, 2.05) is 201 Å². The van der Waals surface area contributed by atoms with E-state index in [1.54, 1.807) is 0 Å². The molecule has 296 valence electrons. The number of ether oxygens (including phenoxy) is 2. The lowest BCUT2D eigenvalue weighted by Crippen LogP contribution is -2.66. The molecule has 57 heavy (non-hydrogen) atoms. The second-order valence-corrected chi connectivity index (χ2v) is 16.6. The van der Waals surface area contributed by atoms with Crippen LogP contribution in [0, 0.1) is 41.5 Å². The summed E-state index contributed by atoms with van der Waals surface area (Å²) in [5.41, 5.74) is 1.96. The molecule has 6 aromatic rings. The van der Waals surface area contributed by atoms with Crippen LogP contribution in [0.2, 0.25) is 0 Å². The number of benzene rings is 6. The minimum atomic E-state index is -2.03. The highest BCUT2D eigenvalue weighted by Gasteiger charge is 2.72. The predicted molar refractivity (Wildman–Crippen MR) is 230 cm³/mol. The topological polar surface area (TPSA) is 79.2 Å². The maximum atomic E-state index is 14.4. The molecule has 1 aliphatic heterocycles. The molecule has 1 heterocycles. The van der Waals surface area contributed by atoms with Crippen LogP contribution in [0.4, 0.5) is 0 Å². The summed E-state index contributed by atoms with van der Waals surface area (Å²) in [5.74, 6) is -1.36. The Hall–Kier alpha value is -4.88. The van der Waals surface area contributed by atoms with Crippen molar-refractivity contribution in [2.24, 2.45) is 0 Å². The first-order chi connectivity index (χ1) is 26.5. The van der Waals surface area contributed by atoms with Gasteiger partial charge in [0.15, 0.2) is 5.79 Å². The van der Waals surface area contributed by atoms with Crippen molar-refractivity contribution < 1.29 is 24.8 Å². The van der Waals surface area contributed by atoms with Crippen LogP contribution in [0.5, 0.6) is 0 Å². The van der Waals surface area contributed by atoms with Crippen LogP contribution in [0.25, 0.3) is 0 Å². The third-order valence-corrected chi connectivity index (χ3v) is 11.7. The maximum absolute atomic E-state index is 14.4. The van der Waals surface area contributed by atoms with E-state index in [2.05, 4.69) is 0 Å². The van der Waals surface area contributed by atoms with Gasteiger partial charge in [0.2, 0.25) is 0 Å². The van der Waals surface area contributed by atoms with E-state index in [0.29, 0.717) is 33.4 Å². The molecule has 0 saturated carbocycles. The van der Waals surface area contributed by atoms with Crippen LogP contribution >= 0.6 is 0 Å². The van der Waals surface area contributed by atoms with Crippen molar-refractivity contribution in [1.29, 1.82) is 0 Å². The fourth-order valence-corrected chi connectivity index (χ4v) is 8.58. The summed E-state index contributed by atoms with van der Waals surface area (Å²) < 4.78 is 14.6. The molecule has 0 bridgehead atoms. The standard InChI is InChI=1S/C51H54O5.CH4/c1-34-9-21-40(22-10-34)48(52,41-23-11-35(2)12-24-41)33-49(51(54,44-29-17-38(5)18-30-44)45-31-19-39(6)20-32-45)46(55-47(7,8)56-49)50(53,42-25-13-36(3)14-26-42)43-27-15-37(4)16-28-43;/h9-32,46,52-54H,33H2,1-8H3;1H4/t46?,49-;/m0./s1. The summed E-state index contributed by atoms with van der Waals surface area (Å²) in [5, 5.41) is 42.1. The van der Waals surface area contributed by atoms with Gasteiger partial charge in [0.05, 0.1) is 0 Å². The summed E-state index contributed by atoms with van der Waals surface area (Å²) in [6.45, 7) is 15.7. The van der Waals surface area contributed by atoms with Crippen molar-refractivity contribution in [2.75, 3.05) is 0 Å². The van der Waals surface area contributed by atoms with Gasteiger partial charge >= 0.3 is 0 Å². The SMILES string of the molecule is C.Cc1ccc(C(O)(C[C@]2(C(O)(c3ccc(C)cc3)c3ccc(C)cc3)OC(C)(C)OC2C(O)(c2ccc(C)cc2)c2ccc(C)cc2)c2ccc(C)cc2)cc1. The molecule has 7 rings (SSSR count). The molecular formula is C52H58O5. The molecule has 0 aliphatic carbocycles. The quantitative estimate of drug-likeness (QED) is 0.130. The Kier molecular flexibility index (Phi) is 11.3. The second kappa shape index (κ2) is 15.5. The van der Waals surface area contributed by atoms with Crippen molar-refractivity contribution in [3.8, 4) is 0 Å². The fraction of sp³-hybridized carbons (Fsp3) is 0.308.